The molecule has 0 unspecified atom stereocenters. The topological polar surface area (TPSA) is 84.2 Å². The van der Waals surface area contributed by atoms with E-state index in [1.165, 1.54) is 0 Å². The highest BCUT2D eigenvalue weighted by molar-refractivity contribution is 5.91. The van der Waals surface area contributed by atoms with Crippen LogP contribution in [-0.4, -0.2) is 35.1 Å². The Bertz CT molecular complexity index is 523. The standard InChI is InChI=1S/C11H13N5O2/c1-16(2)11-14-9(18-15-11)7-13-10(17)8-5-3-4-6-12-8/h3-6H,7H2,1-2H3,(H,13,17). The second kappa shape index (κ2) is 5.26. The summed E-state index contributed by atoms with van der Waals surface area (Å²) >= 11 is 0. The van der Waals surface area contributed by atoms with Crippen molar-refractivity contribution in [2.45, 2.75) is 6.54 Å². The first-order chi connectivity index (χ1) is 8.66. The van der Waals surface area contributed by atoms with Crippen LogP contribution in [0.25, 0.3) is 0 Å². The highest BCUT2D eigenvalue weighted by Crippen LogP contribution is 2.05. The lowest BCUT2D eigenvalue weighted by Crippen LogP contribution is -2.23. The molecule has 0 aliphatic heterocycles. The van der Waals surface area contributed by atoms with Gasteiger partial charge < -0.3 is 14.7 Å². The molecule has 1 amide bonds. The van der Waals surface area contributed by atoms with Crippen LogP contribution in [0.3, 0.4) is 0 Å². The van der Waals surface area contributed by atoms with E-state index in [1.54, 1.807) is 43.4 Å². The number of nitrogens with zero attached hydrogens (tertiary/aromatic N) is 4. The van der Waals surface area contributed by atoms with Crippen molar-refractivity contribution in [3.05, 3.63) is 36.0 Å². The van der Waals surface area contributed by atoms with E-state index in [9.17, 15) is 4.79 Å². The molecule has 0 bridgehead atoms. The Morgan fingerprint density at radius 3 is 2.89 bits per heavy atom. The monoisotopic (exact) mass is 247 g/mol. The minimum atomic E-state index is -0.278. The van der Waals surface area contributed by atoms with Crippen LogP contribution < -0.4 is 10.2 Å². The zero-order valence-electron chi connectivity index (χ0n) is 10.1. The van der Waals surface area contributed by atoms with E-state index in [0.717, 1.165) is 0 Å². The number of anilines is 1. The summed E-state index contributed by atoms with van der Waals surface area (Å²) in [6, 6.07) is 5.13. The molecule has 1 N–H and O–H groups in total. The fourth-order valence-electron chi connectivity index (χ4n) is 1.24. The molecule has 2 rings (SSSR count). The van der Waals surface area contributed by atoms with E-state index in [1.807, 2.05) is 0 Å². The molecule has 0 saturated carbocycles. The molecule has 0 aliphatic rings. The van der Waals surface area contributed by atoms with Gasteiger partial charge in [0, 0.05) is 20.3 Å². The number of carbonyl (C=O) groups excluding carboxylic acids is 1. The van der Waals surface area contributed by atoms with Gasteiger partial charge in [0.1, 0.15) is 5.69 Å². The number of carbonyl (C=O) groups is 1. The first-order valence-electron chi connectivity index (χ1n) is 5.36. The van der Waals surface area contributed by atoms with Crippen LogP contribution in [0, 0.1) is 0 Å². The lowest BCUT2D eigenvalue weighted by molar-refractivity contribution is 0.0941. The van der Waals surface area contributed by atoms with Crippen LogP contribution in [0.15, 0.2) is 28.9 Å². The zero-order chi connectivity index (χ0) is 13.0. The summed E-state index contributed by atoms with van der Waals surface area (Å²) < 4.78 is 4.97. The normalized spacial score (nSPS) is 10.1. The maximum Gasteiger partial charge on any atom is 0.270 e. The number of amides is 1. The molecular weight excluding hydrogens is 234 g/mol. The van der Waals surface area contributed by atoms with E-state index in [4.69, 9.17) is 4.52 Å². The maximum absolute atomic E-state index is 11.7. The van der Waals surface area contributed by atoms with Crippen LogP contribution in [-0.2, 0) is 6.54 Å². The van der Waals surface area contributed by atoms with Crippen molar-refractivity contribution in [3.63, 3.8) is 0 Å². The maximum atomic E-state index is 11.7. The van der Waals surface area contributed by atoms with Crippen molar-refractivity contribution in [2.75, 3.05) is 19.0 Å². The summed E-state index contributed by atoms with van der Waals surface area (Å²) in [5, 5.41) is 6.39. The molecule has 0 saturated heterocycles. The van der Waals surface area contributed by atoms with Gasteiger partial charge >= 0.3 is 0 Å². The SMILES string of the molecule is CN(C)c1noc(CNC(=O)c2ccccn2)n1. The molecule has 0 spiro atoms. The summed E-state index contributed by atoms with van der Waals surface area (Å²) in [7, 11) is 3.61. The quantitative estimate of drug-likeness (QED) is 0.845. The van der Waals surface area contributed by atoms with Crippen LogP contribution in [0.4, 0.5) is 5.95 Å². The summed E-state index contributed by atoms with van der Waals surface area (Å²) in [5.74, 6) is 0.542. The van der Waals surface area contributed by atoms with Gasteiger partial charge in [0.15, 0.2) is 0 Å². The first-order valence-corrected chi connectivity index (χ1v) is 5.36. The minimum absolute atomic E-state index is 0.177. The van der Waals surface area contributed by atoms with Crippen molar-refractivity contribution >= 4 is 11.9 Å². The fraction of sp³-hybridized carbons (Fsp3) is 0.273. The summed E-state index contributed by atoms with van der Waals surface area (Å²) in [5.41, 5.74) is 0.352. The Labute approximate surface area is 104 Å². The molecule has 7 heteroatoms. The van der Waals surface area contributed by atoms with Gasteiger partial charge in [-0.25, -0.2) is 0 Å². The van der Waals surface area contributed by atoms with Gasteiger partial charge in [0.2, 0.25) is 5.89 Å². The van der Waals surface area contributed by atoms with Gasteiger partial charge in [0.25, 0.3) is 11.9 Å². The first kappa shape index (κ1) is 12.0. The molecule has 0 radical (unpaired) electrons. The predicted octanol–water partition coefficient (Wildman–Crippen LogP) is 0.461. The summed E-state index contributed by atoms with van der Waals surface area (Å²) in [4.78, 5) is 21.4. The Morgan fingerprint density at radius 2 is 2.28 bits per heavy atom. The number of nitrogens with one attached hydrogen (secondary N) is 1. The van der Waals surface area contributed by atoms with Crippen molar-refractivity contribution in [1.29, 1.82) is 0 Å². The number of hydrogen-bond acceptors (Lipinski definition) is 6. The van der Waals surface area contributed by atoms with Gasteiger partial charge in [-0.3, -0.25) is 9.78 Å². The second-order valence-corrected chi connectivity index (χ2v) is 3.78. The molecule has 2 heterocycles. The molecule has 2 aromatic heterocycles. The molecule has 94 valence electrons. The second-order valence-electron chi connectivity index (χ2n) is 3.78. The third-order valence-corrected chi connectivity index (χ3v) is 2.16. The minimum Gasteiger partial charge on any atom is -0.344 e. The van der Waals surface area contributed by atoms with Crippen molar-refractivity contribution in [2.24, 2.45) is 0 Å². The molecular formula is C11H13N5O2. The average Bonchev–Trinajstić information content (AvgIpc) is 2.86. The molecule has 7 nitrogen and oxygen atoms in total. The molecule has 18 heavy (non-hydrogen) atoms. The molecule has 0 aromatic carbocycles. The third-order valence-electron chi connectivity index (χ3n) is 2.16. The lowest BCUT2D eigenvalue weighted by atomic mass is 10.3. The van der Waals surface area contributed by atoms with Gasteiger partial charge in [-0.2, -0.15) is 4.98 Å². The number of aromatic nitrogens is 3. The lowest BCUT2D eigenvalue weighted by Gasteiger charge is -2.02. The third kappa shape index (κ3) is 2.82. The number of hydrogen-bond donors (Lipinski definition) is 1. The zero-order valence-corrected chi connectivity index (χ0v) is 10.1. The molecule has 0 fully saturated rings. The molecule has 0 aliphatic carbocycles. The Morgan fingerprint density at radius 1 is 1.44 bits per heavy atom. The van der Waals surface area contributed by atoms with E-state index < -0.39 is 0 Å². The van der Waals surface area contributed by atoms with E-state index in [2.05, 4.69) is 20.4 Å². The predicted molar refractivity (Wildman–Crippen MR) is 64.0 cm³/mol. The van der Waals surface area contributed by atoms with Crippen LogP contribution in [0.1, 0.15) is 16.4 Å². The smallest absolute Gasteiger partial charge is 0.270 e. The Hall–Kier alpha value is -2.44. The largest absolute Gasteiger partial charge is 0.344 e. The van der Waals surface area contributed by atoms with Crippen LogP contribution >= 0.6 is 0 Å². The van der Waals surface area contributed by atoms with E-state index >= 15 is 0 Å². The van der Waals surface area contributed by atoms with Crippen molar-refractivity contribution in [3.8, 4) is 0 Å². The van der Waals surface area contributed by atoms with Crippen molar-refractivity contribution in [1.82, 2.24) is 20.4 Å². The average molecular weight is 247 g/mol. The van der Waals surface area contributed by atoms with Crippen molar-refractivity contribution < 1.29 is 9.32 Å². The highest BCUT2D eigenvalue weighted by Gasteiger charge is 2.10. The van der Waals surface area contributed by atoms with Gasteiger partial charge in [0.05, 0.1) is 6.54 Å². The van der Waals surface area contributed by atoms with Gasteiger partial charge in [-0.15, -0.1) is 0 Å². The number of rotatable bonds is 4. The molecule has 2 aromatic rings. The van der Waals surface area contributed by atoms with E-state index in [-0.39, 0.29) is 12.5 Å². The summed E-state index contributed by atoms with van der Waals surface area (Å²) in [6.07, 6.45) is 1.56. The fourth-order valence-corrected chi connectivity index (χ4v) is 1.24. The Balaban J connectivity index is 1.93. The van der Waals surface area contributed by atoms with Crippen LogP contribution in [0.2, 0.25) is 0 Å². The van der Waals surface area contributed by atoms with Crippen LogP contribution in [0.5, 0.6) is 0 Å². The number of pyridine rings is 1. The summed E-state index contributed by atoms with van der Waals surface area (Å²) in [6.45, 7) is 0.177. The molecule has 0 atom stereocenters. The van der Waals surface area contributed by atoms with Gasteiger partial charge in [-0.05, 0) is 17.3 Å². The highest BCUT2D eigenvalue weighted by atomic mass is 16.5. The Kier molecular flexibility index (Phi) is 3.52. The van der Waals surface area contributed by atoms with Gasteiger partial charge in [-0.1, -0.05) is 6.07 Å². The van der Waals surface area contributed by atoms with E-state index in [0.29, 0.717) is 17.5 Å².